The normalized spacial score (nSPS) is 20.9. The molecule has 2 N–H and O–H groups in total. The van der Waals surface area contributed by atoms with Gasteiger partial charge in [0.05, 0.1) is 5.75 Å². The summed E-state index contributed by atoms with van der Waals surface area (Å²) in [4.78, 5) is 1.99. The molecule has 0 saturated carbocycles. The number of nitrogens with zero attached hydrogens (tertiary/aromatic N) is 1. The van der Waals surface area contributed by atoms with Crippen LogP contribution in [-0.2, 0) is 16.6 Å². The number of rotatable bonds is 4. The Balaban J connectivity index is 2.11. The predicted octanol–water partition coefficient (Wildman–Crippen LogP) is 1.73. The molecule has 1 heterocycles. The molecule has 1 aromatic carbocycles. The molecule has 1 aliphatic rings. The standard InChI is InChI=1S/C12H16ClFN2O2S/c13-12-4-3-10(14)6-9(12)7-16-5-1-2-11(16)8-19(15,17)18/h3-4,6,11H,1-2,5,7-8H2,(H2,15,17,18). The highest BCUT2D eigenvalue weighted by Crippen LogP contribution is 2.24. The summed E-state index contributed by atoms with van der Waals surface area (Å²) >= 11 is 6.02. The van der Waals surface area contributed by atoms with E-state index in [4.69, 9.17) is 16.7 Å². The first-order valence-electron chi connectivity index (χ1n) is 6.03. The highest BCUT2D eigenvalue weighted by atomic mass is 35.5. The van der Waals surface area contributed by atoms with Gasteiger partial charge in [-0.05, 0) is 43.1 Å². The summed E-state index contributed by atoms with van der Waals surface area (Å²) in [5, 5.41) is 5.57. The number of likely N-dealkylation sites (tertiary alicyclic amines) is 1. The summed E-state index contributed by atoms with van der Waals surface area (Å²) in [6.07, 6.45) is 1.69. The predicted molar refractivity (Wildman–Crippen MR) is 72.8 cm³/mol. The largest absolute Gasteiger partial charge is 0.295 e. The van der Waals surface area contributed by atoms with Crippen LogP contribution in [0.2, 0.25) is 5.02 Å². The summed E-state index contributed by atoms with van der Waals surface area (Å²) in [5.74, 6) is -0.415. The molecule has 1 aliphatic heterocycles. The summed E-state index contributed by atoms with van der Waals surface area (Å²) in [5.41, 5.74) is 0.669. The fourth-order valence-corrected chi connectivity index (χ4v) is 3.53. The van der Waals surface area contributed by atoms with Gasteiger partial charge in [-0.25, -0.2) is 17.9 Å². The van der Waals surface area contributed by atoms with Crippen LogP contribution in [0.4, 0.5) is 4.39 Å². The molecule has 19 heavy (non-hydrogen) atoms. The molecular formula is C12H16ClFN2O2S. The van der Waals surface area contributed by atoms with Gasteiger partial charge in [0.25, 0.3) is 0 Å². The molecule has 1 aromatic rings. The van der Waals surface area contributed by atoms with Gasteiger partial charge in [0, 0.05) is 17.6 Å². The molecule has 0 spiro atoms. The summed E-state index contributed by atoms with van der Waals surface area (Å²) in [7, 11) is -3.50. The Labute approximate surface area is 117 Å². The number of hydrogen-bond acceptors (Lipinski definition) is 3. The first kappa shape index (κ1) is 14.7. The molecule has 1 saturated heterocycles. The van der Waals surface area contributed by atoms with Crippen molar-refractivity contribution in [3.8, 4) is 0 Å². The van der Waals surface area contributed by atoms with Crippen LogP contribution in [0, 0.1) is 5.82 Å². The number of primary sulfonamides is 1. The maximum atomic E-state index is 13.2. The van der Waals surface area contributed by atoms with Crippen molar-refractivity contribution in [1.29, 1.82) is 0 Å². The van der Waals surface area contributed by atoms with E-state index in [0.29, 0.717) is 17.1 Å². The quantitative estimate of drug-likeness (QED) is 0.921. The summed E-state index contributed by atoms with van der Waals surface area (Å²) in [6, 6.07) is 4.08. The number of sulfonamides is 1. The average Bonchev–Trinajstić information content (AvgIpc) is 2.69. The maximum absolute atomic E-state index is 13.2. The second kappa shape index (κ2) is 5.75. The van der Waals surface area contributed by atoms with Crippen LogP contribution in [0.25, 0.3) is 0 Å². The van der Waals surface area contributed by atoms with Crippen molar-refractivity contribution in [2.24, 2.45) is 5.14 Å². The van der Waals surface area contributed by atoms with Crippen molar-refractivity contribution in [2.45, 2.75) is 25.4 Å². The van der Waals surface area contributed by atoms with Gasteiger partial charge in [-0.1, -0.05) is 11.6 Å². The third kappa shape index (κ3) is 4.14. The van der Waals surface area contributed by atoms with Crippen LogP contribution in [0.5, 0.6) is 0 Å². The van der Waals surface area contributed by atoms with Crippen molar-refractivity contribution in [3.05, 3.63) is 34.6 Å². The van der Waals surface area contributed by atoms with Gasteiger partial charge in [-0.2, -0.15) is 0 Å². The number of benzene rings is 1. The monoisotopic (exact) mass is 306 g/mol. The maximum Gasteiger partial charge on any atom is 0.210 e. The van der Waals surface area contributed by atoms with Crippen molar-refractivity contribution >= 4 is 21.6 Å². The molecular weight excluding hydrogens is 291 g/mol. The zero-order chi connectivity index (χ0) is 14.0. The van der Waals surface area contributed by atoms with E-state index in [0.717, 1.165) is 19.4 Å². The van der Waals surface area contributed by atoms with E-state index in [-0.39, 0.29) is 17.6 Å². The third-order valence-electron chi connectivity index (χ3n) is 3.30. The van der Waals surface area contributed by atoms with Crippen molar-refractivity contribution in [1.82, 2.24) is 4.90 Å². The van der Waals surface area contributed by atoms with E-state index in [2.05, 4.69) is 0 Å². The highest BCUT2D eigenvalue weighted by molar-refractivity contribution is 7.89. The fourth-order valence-electron chi connectivity index (χ4n) is 2.44. The first-order valence-corrected chi connectivity index (χ1v) is 8.13. The van der Waals surface area contributed by atoms with Gasteiger partial charge in [0.1, 0.15) is 5.82 Å². The van der Waals surface area contributed by atoms with Gasteiger partial charge >= 0.3 is 0 Å². The van der Waals surface area contributed by atoms with E-state index in [1.807, 2.05) is 4.90 Å². The zero-order valence-corrected chi connectivity index (χ0v) is 11.9. The van der Waals surface area contributed by atoms with Gasteiger partial charge < -0.3 is 0 Å². The van der Waals surface area contributed by atoms with Gasteiger partial charge in [0.15, 0.2) is 0 Å². The lowest BCUT2D eigenvalue weighted by atomic mass is 10.2. The lowest BCUT2D eigenvalue weighted by Gasteiger charge is -2.24. The Morgan fingerprint density at radius 1 is 1.47 bits per heavy atom. The molecule has 1 fully saturated rings. The van der Waals surface area contributed by atoms with Crippen LogP contribution in [-0.4, -0.2) is 31.7 Å². The van der Waals surface area contributed by atoms with E-state index in [9.17, 15) is 12.8 Å². The van der Waals surface area contributed by atoms with Crippen molar-refractivity contribution in [2.75, 3.05) is 12.3 Å². The Bertz CT molecular complexity index is 565. The minimum absolute atomic E-state index is 0.0695. The minimum Gasteiger partial charge on any atom is -0.295 e. The lowest BCUT2D eigenvalue weighted by molar-refractivity contribution is 0.261. The average molecular weight is 307 g/mol. The first-order chi connectivity index (χ1) is 8.85. The Hall–Kier alpha value is -0.690. The summed E-state index contributed by atoms with van der Waals surface area (Å²) in [6.45, 7) is 1.21. The SMILES string of the molecule is NS(=O)(=O)CC1CCCN1Cc1cc(F)ccc1Cl. The number of nitrogens with two attached hydrogens (primary N) is 1. The lowest BCUT2D eigenvalue weighted by Crippen LogP contribution is -2.37. The molecule has 4 nitrogen and oxygen atoms in total. The van der Waals surface area contributed by atoms with Crippen LogP contribution < -0.4 is 5.14 Å². The smallest absolute Gasteiger partial charge is 0.210 e. The molecule has 0 bridgehead atoms. The summed E-state index contributed by atoms with van der Waals surface area (Å²) < 4.78 is 35.5. The molecule has 1 atom stereocenters. The third-order valence-corrected chi connectivity index (χ3v) is 4.52. The highest BCUT2D eigenvalue weighted by Gasteiger charge is 2.28. The van der Waals surface area contributed by atoms with Gasteiger partial charge in [-0.3, -0.25) is 4.90 Å². The van der Waals surface area contributed by atoms with Crippen LogP contribution in [0.1, 0.15) is 18.4 Å². The fraction of sp³-hybridized carbons (Fsp3) is 0.500. The second-order valence-corrected chi connectivity index (χ2v) is 6.90. The molecule has 0 aliphatic carbocycles. The van der Waals surface area contributed by atoms with Crippen LogP contribution in [0.3, 0.4) is 0 Å². The topological polar surface area (TPSA) is 63.4 Å². The second-order valence-electron chi connectivity index (χ2n) is 4.83. The van der Waals surface area contributed by atoms with E-state index < -0.39 is 10.0 Å². The van der Waals surface area contributed by atoms with E-state index >= 15 is 0 Å². The van der Waals surface area contributed by atoms with Crippen LogP contribution >= 0.6 is 11.6 Å². The Morgan fingerprint density at radius 3 is 2.89 bits per heavy atom. The van der Waals surface area contributed by atoms with Gasteiger partial charge in [-0.15, -0.1) is 0 Å². The molecule has 2 rings (SSSR count). The Kier molecular flexibility index (Phi) is 4.45. The molecule has 0 radical (unpaired) electrons. The van der Waals surface area contributed by atoms with Crippen molar-refractivity contribution in [3.63, 3.8) is 0 Å². The van der Waals surface area contributed by atoms with Crippen LogP contribution in [0.15, 0.2) is 18.2 Å². The number of halogens is 2. The number of hydrogen-bond donors (Lipinski definition) is 1. The minimum atomic E-state index is -3.50. The molecule has 0 amide bonds. The molecule has 106 valence electrons. The van der Waals surface area contributed by atoms with E-state index in [1.165, 1.54) is 18.2 Å². The van der Waals surface area contributed by atoms with E-state index in [1.54, 1.807) is 0 Å². The van der Waals surface area contributed by atoms with Gasteiger partial charge in [0.2, 0.25) is 10.0 Å². The Morgan fingerprint density at radius 2 is 2.21 bits per heavy atom. The zero-order valence-electron chi connectivity index (χ0n) is 10.4. The molecule has 0 aromatic heterocycles. The van der Waals surface area contributed by atoms with Crippen molar-refractivity contribution < 1.29 is 12.8 Å². The molecule has 1 unspecified atom stereocenters. The molecule has 7 heteroatoms.